The van der Waals surface area contributed by atoms with Crippen LogP contribution in [0.5, 0.6) is 0 Å². The predicted octanol–water partition coefficient (Wildman–Crippen LogP) is 4.79. The fraction of sp³-hybridized carbons (Fsp3) is 0.250. The standard InChI is InChI=1S/C16H15Cl3N2O/c1-10(7-8-11-5-3-2-4-6-11)21-16(22)15-14(19)13(18)12(17)9-20-15/h2-6,9-10H,7-8H2,1H3,(H,21,22)/t10-/m1/s1. The van der Waals surface area contributed by atoms with Crippen molar-refractivity contribution in [2.24, 2.45) is 0 Å². The van der Waals surface area contributed by atoms with Gasteiger partial charge in [0.15, 0.2) is 0 Å². The van der Waals surface area contributed by atoms with Crippen LogP contribution in [0.15, 0.2) is 36.5 Å². The maximum Gasteiger partial charge on any atom is 0.271 e. The monoisotopic (exact) mass is 356 g/mol. The molecule has 0 aliphatic heterocycles. The summed E-state index contributed by atoms with van der Waals surface area (Å²) < 4.78 is 0. The van der Waals surface area contributed by atoms with Crippen molar-refractivity contribution in [2.75, 3.05) is 0 Å². The summed E-state index contributed by atoms with van der Waals surface area (Å²) >= 11 is 17.7. The van der Waals surface area contributed by atoms with Crippen molar-refractivity contribution in [1.82, 2.24) is 10.3 Å². The number of carbonyl (C=O) groups excluding carboxylic acids is 1. The third kappa shape index (κ3) is 4.35. The van der Waals surface area contributed by atoms with Crippen molar-refractivity contribution >= 4 is 40.7 Å². The summed E-state index contributed by atoms with van der Waals surface area (Å²) in [5.74, 6) is -0.357. The Kier molecular flexibility index (Phi) is 6.07. The van der Waals surface area contributed by atoms with Gasteiger partial charge in [0.25, 0.3) is 5.91 Å². The topological polar surface area (TPSA) is 42.0 Å². The van der Waals surface area contributed by atoms with E-state index in [2.05, 4.69) is 22.4 Å². The molecule has 0 saturated heterocycles. The fourth-order valence-electron chi connectivity index (χ4n) is 1.99. The third-order valence-electron chi connectivity index (χ3n) is 3.22. The molecule has 1 amide bonds. The first-order valence-electron chi connectivity index (χ1n) is 6.83. The van der Waals surface area contributed by atoms with Crippen LogP contribution in [0.4, 0.5) is 0 Å². The molecule has 22 heavy (non-hydrogen) atoms. The molecule has 0 aliphatic rings. The smallest absolute Gasteiger partial charge is 0.271 e. The van der Waals surface area contributed by atoms with E-state index < -0.39 is 0 Å². The number of hydrogen-bond acceptors (Lipinski definition) is 2. The third-order valence-corrected chi connectivity index (χ3v) is 4.46. The van der Waals surface area contributed by atoms with Gasteiger partial charge in [-0.1, -0.05) is 65.1 Å². The lowest BCUT2D eigenvalue weighted by molar-refractivity contribution is 0.0933. The molecule has 1 atom stereocenters. The predicted molar refractivity (Wildman–Crippen MR) is 91.0 cm³/mol. The largest absolute Gasteiger partial charge is 0.348 e. The number of rotatable bonds is 5. The van der Waals surface area contributed by atoms with Crippen LogP contribution in [-0.4, -0.2) is 16.9 Å². The average Bonchev–Trinajstić information content (AvgIpc) is 2.51. The minimum Gasteiger partial charge on any atom is -0.348 e. The highest BCUT2D eigenvalue weighted by Gasteiger charge is 2.18. The molecule has 116 valence electrons. The van der Waals surface area contributed by atoms with E-state index in [4.69, 9.17) is 34.8 Å². The van der Waals surface area contributed by atoms with Gasteiger partial charge < -0.3 is 5.32 Å². The maximum atomic E-state index is 12.2. The summed E-state index contributed by atoms with van der Waals surface area (Å²) in [5, 5.41) is 3.30. The highest BCUT2D eigenvalue weighted by Crippen LogP contribution is 2.31. The van der Waals surface area contributed by atoms with Crippen molar-refractivity contribution in [3.05, 3.63) is 62.9 Å². The molecule has 1 aromatic heterocycles. The molecule has 0 saturated carbocycles. The van der Waals surface area contributed by atoms with Crippen molar-refractivity contribution in [2.45, 2.75) is 25.8 Å². The van der Waals surface area contributed by atoms with Crippen molar-refractivity contribution in [3.8, 4) is 0 Å². The zero-order valence-corrected chi connectivity index (χ0v) is 14.2. The van der Waals surface area contributed by atoms with E-state index in [1.807, 2.05) is 25.1 Å². The number of nitrogens with zero attached hydrogens (tertiary/aromatic N) is 1. The number of carbonyl (C=O) groups is 1. The second-order valence-electron chi connectivity index (χ2n) is 4.98. The van der Waals surface area contributed by atoms with Crippen molar-refractivity contribution in [3.63, 3.8) is 0 Å². The minimum absolute atomic E-state index is 0.0139. The summed E-state index contributed by atoms with van der Waals surface area (Å²) in [6.45, 7) is 1.94. The van der Waals surface area contributed by atoms with Gasteiger partial charge in [-0.3, -0.25) is 4.79 Å². The first kappa shape index (κ1) is 17.1. The van der Waals surface area contributed by atoms with Crippen LogP contribution in [0.3, 0.4) is 0 Å². The van der Waals surface area contributed by atoms with E-state index in [0.29, 0.717) is 0 Å². The molecule has 0 fully saturated rings. The summed E-state index contributed by atoms with van der Waals surface area (Å²) in [5.41, 5.74) is 1.32. The van der Waals surface area contributed by atoms with Gasteiger partial charge in [-0.25, -0.2) is 4.98 Å². The molecule has 2 aromatic rings. The number of nitrogens with one attached hydrogen (secondary N) is 1. The van der Waals surface area contributed by atoms with Gasteiger partial charge in [-0.2, -0.15) is 0 Å². The zero-order valence-electron chi connectivity index (χ0n) is 11.9. The SMILES string of the molecule is C[C@H](CCc1ccccc1)NC(=O)c1ncc(Cl)c(Cl)c1Cl. The van der Waals surface area contributed by atoms with E-state index in [-0.39, 0.29) is 32.7 Å². The Morgan fingerprint density at radius 1 is 1.18 bits per heavy atom. The molecule has 6 heteroatoms. The van der Waals surface area contributed by atoms with Gasteiger partial charge in [-0.15, -0.1) is 0 Å². The second-order valence-corrected chi connectivity index (χ2v) is 6.14. The van der Waals surface area contributed by atoms with Crippen molar-refractivity contribution in [1.29, 1.82) is 0 Å². The first-order chi connectivity index (χ1) is 10.5. The van der Waals surface area contributed by atoms with Crippen LogP contribution in [-0.2, 0) is 6.42 Å². The Labute approximate surface area is 144 Å². The van der Waals surface area contributed by atoms with Crippen LogP contribution in [0.2, 0.25) is 15.1 Å². The minimum atomic E-state index is -0.357. The molecule has 0 radical (unpaired) electrons. The molecule has 1 aromatic carbocycles. The molecule has 2 rings (SSSR count). The zero-order chi connectivity index (χ0) is 16.1. The van der Waals surface area contributed by atoms with E-state index in [1.54, 1.807) is 0 Å². The summed E-state index contributed by atoms with van der Waals surface area (Å²) in [6, 6.07) is 10.1. The lowest BCUT2D eigenvalue weighted by Gasteiger charge is -2.14. The lowest BCUT2D eigenvalue weighted by Crippen LogP contribution is -2.33. The van der Waals surface area contributed by atoms with E-state index >= 15 is 0 Å². The van der Waals surface area contributed by atoms with E-state index in [9.17, 15) is 4.79 Å². The normalized spacial score (nSPS) is 12.0. The van der Waals surface area contributed by atoms with Crippen molar-refractivity contribution < 1.29 is 4.79 Å². The lowest BCUT2D eigenvalue weighted by atomic mass is 10.1. The summed E-state index contributed by atoms with van der Waals surface area (Å²) in [6.07, 6.45) is 3.01. The Balaban J connectivity index is 1.95. The molecule has 1 heterocycles. The second kappa shape index (κ2) is 7.82. The van der Waals surface area contributed by atoms with Gasteiger partial charge in [0, 0.05) is 12.2 Å². The maximum absolute atomic E-state index is 12.2. The number of amides is 1. The number of halogens is 3. The highest BCUT2D eigenvalue weighted by atomic mass is 35.5. The Bertz CT molecular complexity index is 662. The Morgan fingerprint density at radius 3 is 2.55 bits per heavy atom. The number of benzene rings is 1. The first-order valence-corrected chi connectivity index (χ1v) is 7.96. The highest BCUT2D eigenvalue weighted by molar-refractivity contribution is 6.48. The van der Waals surface area contributed by atoms with Crippen LogP contribution in [0.1, 0.15) is 29.4 Å². The summed E-state index contributed by atoms with van der Waals surface area (Å²) in [4.78, 5) is 16.1. The molecule has 0 spiro atoms. The van der Waals surface area contributed by atoms with Gasteiger partial charge in [0.05, 0.1) is 15.1 Å². The van der Waals surface area contributed by atoms with Gasteiger partial charge in [0.1, 0.15) is 5.69 Å². The van der Waals surface area contributed by atoms with Crippen LogP contribution in [0.25, 0.3) is 0 Å². The van der Waals surface area contributed by atoms with E-state index in [1.165, 1.54) is 11.8 Å². The number of aromatic nitrogens is 1. The fourth-order valence-corrected chi connectivity index (χ4v) is 2.56. The quantitative estimate of drug-likeness (QED) is 0.835. The number of aryl methyl sites for hydroxylation is 1. The Hall–Kier alpha value is -1.29. The van der Waals surface area contributed by atoms with E-state index in [0.717, 1.165) is 12.8 Å². The van der Waals surface area contributed by atoms with Gasteiger partial charge in [-0.05, 0) is 25.3 Å². The Morgan fingerprint density at radius 2 is 1.86 bits per heavy atom. The molecule has 0 unspecified atom stereocenters. The van der Waals surface area contributed by atoms with Crippen LogP contribution < -0.4 is 5.32 Å². The average molecular weight is 358 g/mol. The van der Waals surface area contributed by atoms with Crippen LogP contribution >= 0.6 is 34.8 Å². The molecule has 0 aliphatic carbocycles. The van der Waals surface area contributed by atoms with Gasteiger partial charge >= 0.3 is 0 Å². The van der Waals surface area contributed by atoms with Crippen LogP contribution in [0, 0.1) is 0 Å². The number of hydrogen-bond donors (Lipinski definition) is 1. The molecular formula is C16H15Cl3N2O. The summed E-state index contributed by atoms with van der Waals surface area (Å²) in [7, 11) is 0. The molecule has 0 bridgehead atoms. The van der Waals surface area contributed by atoms with Gasteiger partial charge in [0.2, 0.25) is 0 Å². The molecular weight excluding hydrogens is 343 g/mol. The molecule has 3 nitrogen and oxygen atoms in total. The number of pyridine rings is 1. The molecule has 1 N–H and O–H groups in total.